The number of hydrogen-bond acceptors (Lipinski definition) is 4. The third kappa shape index (κ3) is 2.56. The molecule has 1 aliphatic heterocycles. The van der Waals surface area contributed by atoms with Crippen LogP contribution in [-0.2, 0) is 9.59 Å². The van der Waals surface area contributed by atoms with Gasteiger partial charge in [-0.3, -0.25) is 9.59 Å². The molecule has 0 saturated carbocycles. The minimum absolute atomic E-state index is 0.0383. The Morgan fingerprint density at radius 2 is 2.29 bits per heavy atom. The molecular formula is C15H16N2O4. The highest BCUT2D eigenvalue weighted by Crippen LogP contribution is 2.33. The lowest BCUT2D eigenvalue weighted by molar-refractivity contribution is -0.132. The molecule has 0 spiro atoms. The Hall–Kier alpha value is -2.50. The highest BCUT2D eigenvalue weighted by atomic mass is 16.5. The number of furan rings is 1. The van der Waals surface area contributed by atoms with Crippen molar-refractivity contribution >= 4 is 22.8 Å². The van der Waals surface area contributed by atoms with E-state index in [0.717, 1.165) is 22.5 Å². The van der Waals surface area contributed by atoms with Gasteiger partial charge in [0.2, 0.25) is 11.8 Å². The largest absolute Gasteiger partial charge is 0.497 e. The Morgan fingerprint density at radius 3 is 3.00 bits per heavy atom. The Labute approximate surface area is 121 Å². The molecule has 0 aliphatic carbocycles. The molecule has 1 aromatic heterocycles. The third-order valence-electron chi connectivity index (χ3n) is 3.71. The number of primary amides is 1. The number of carbonyl (C=O) groups excluding carboxylic acids is 2. The van der Waals surface area contributed by atoms with Gasteiger partial charge in [-0.15, -0.1) is 0 Å². The quantitative estimate of drug-likeness (QED) is 0.917. The van der Waals surface area contributed by atoms with Gasteiger partial charge in [-0.1, -0.05) is 0 Å². The second-order valence-corrected chi connectivity index (χ2v) is 5.19. The Kier molecular flexibility index (Phi) is 3.29. The lowest BCUT2D eigenvalue weighted by Gasteiger charge is -2.13. The monoisotopic (exact) mass is 288 g/mol. The van der Waals surface area contributed by atoms with E-state index in [9.17, 15) is 9.59 Å². The van der Waals surface area contributed by atoms with Crippen molar-refractivity contribution in [2.24, 2.45) is 5.73 Å². The minimum Gasteiger partial charge on any atom is -0.497 e. The van der Waals surface area contributed by atoms with Gasteiger partial charge in [-0.2, -0.15) is 0 Å². The first-order chi connectivity index (χ1) is 10.1. The van der Waals surface area contributed by atoms with Crippen LogP contribution in [0, 0.1) is 0 Å². The van der Waals surface area contributed by atoms with Crippen molar-refractivity contribution in [3.63, 3.8) is 0 Å². The number of hydrogen-bond donors (Lipinski definition) is 1. The van der Waals surface area contributed by atoms with Crippen LogP contribution in [0.3, 0.4) is 0 Å². The van der Waals surface area contributed by atoms with Crippen LogP contribution in [0.1, 0.15) is 18.1 Å². The number of ether oxygens (including phenoxy) is 1. The average molecular weight is 288 g/mol. The van der Waals surface area contributed by atoms with E-state index in [1.807, 2.05) is 24.3 Å². The topological polar surface area (TPSA) is 85.8 Å². The van der Waals surface area contributed by atoms with E-state index in [0.29, 0.717) is 13.0 Å². The second-order valence-electron chi connectivity index (χ2n) is 5.19. The van der Waals surface area contributed by atoms with Gasteiger partial charge in [-0.25, -0.2) is 0 Å². The summed E-state index contributed by atoms with van der Waals surface area (Å²) in [5.41, 5.74) is 5.90. The standard InChI is InChI=1S/C15H16N2O4/c1-20-11-2-3-12-9(4-11)5-13(21-12)10-6-15(19)17(7-10)8-14(16)18/h2-5,10H,6-8H2,1H3,(H2,16,18). The number of fused-ring (bicyclic) bond motifs is 1. The first-order valence-electron chi connectivity index (χ1n) is 6.70. The van der Waals surface area contributed by atoms with Crippen LogP contribution in [0.15, 0.2) is 28.7 Å². The van der Waals surface area contributed by atoms with E-state index in [1.165, 1.54) is 4.90 Å². The zero-order chi connectivity index (χ0) is 15.0. The van der Waals surface area contributed by atoms with Gasteiger partial charge in [-0.05, 0) is 24.3 Å². The maximum Gasteiger partial charge on any atom is 0.237 e. The predicted molar refractivity (Wildman–Crippen MR) is 75.9 cm³/mol. The van der Waals surface area contributed by atoms with Crippen LogP contribution in [0.4, 0.5) is 0 Å². The average Bonchev–Trinajstić information content (AvgIpc) is 3.01. The van der Waals surface area contributed by atoms with Gasteiger partial charge in [0.25, 0.3) is 0 Å². The highest BCUT2D eigenvalue weighted by molar-refractivity contribution is 5.86. The summed E-state index contributed by atoms with van der Waals surface area (Å²) in [6, 6.07) is 7.48. The van der Waals surface area contributed by atoms with Crippen LogP contribution >= 0.6 is 0 Å². The summed E-state index contributed by atoms with van der Waals surface area (Å²) in [5, 5.41) is 0.935. The van der Waals surface area contributed by atoms with Gasteiger partial charge in [0.05, 0.1) is 13.7 Å². The van der Waals surface area contributed by atoms with Gasteiger partial charge in [0, 0.05) is 24.3 Å². The number of methoxy groups -OCH3 is 1. The lowest BCUT2D eigenvalue weighted by Crippen LogP contribution is -2.34. The molecule has 1 aromatic carbocycles. The molecule has 21 heavy (non-hydrogen) atoms. The van der Waals surface area contributed by atoms with Crippen LogP contribution in [0.2, 0.25) is 0 Å². The first kappa shape index (κ1) is 13.5. The fraction of sp³-hybridized carbons (Fsp3) is 0.333. The van der Waals surface area contributed by atoms with E-state index < -0.39 is 5.91 Å². The van der Waals surface area contributed by atoms with Crippen molar-refractivity contribution in [2.75, 3.05) is 20.2 Å². The summed E-state index contributed by atoms with van der Waals surface area (Å²) < 4.78 is 11.0. The SMILES string of the molecule is COc1ccc2oc(C3CC(=O)N(CC(N)=O)C3)cc2c1. The molecule has 2 heterocycles. The van der Waals surface area contributed by atoms with E-state index in [-0.39, 0.29) is 18.4 Å². The number of nitrogens with two attached hydrogens (primary N) is 1. The fourth-order valence-corrected chi connectivity index (χ4v) is 2.67. The second kappa shape index (κ2) is 5.12. The van der Waals surface area contributed by atoms with E-state index >= 15 is 0 Å². The van der Waals surface area contributed by atoms with Gasteiger partial charge in [0.1, 0.15) is 17.1 Å². The maximum atomic E-state index is 11.9. The summed E-state index contributed by atoms with van der Waals surface area (Å²) in [6.45, 7) is 0.419. The van der Waals surface area contributed by atoms with E-state index in [4.69, 9.17) is 14.9 Å². The molecule has 2 aromatic rings. The molecule has 2 N–H and O–H groups in total. The maximum absolute atomic E-state index is 11.9. The van der Waals surface area contributed by atoms with Crippen LogP contribution in [0.25, 0.3) is 11.0 Å². The lowest BCUT2D eigenvalue weighted by atomic mass is 10.1. The van der Waals surface area contributed by atoms with Crippen LogP contribution in [0.5, 0.6) is 5.75 Å². The molecule has 2 amide bonds. The summed E-state index contributed by atoms with van der Waals surface area (Å²) in [7, 11) is 1.61. The molecule has 0 radical (unpaired) electrons. The molecular weight excluding hydrogens is 272 g/mol. The van der Waals surface area contributed by atoms with E-state index in [1.54, 1.807) is 7.11 Å². The zero-order valence-electron chi connectivity index (χ0n) is 11.7. The van der Waals surface area contributed by atoms with Crippen molar-refractivity contribution in [1.82, 2.24) is 4.90 Å². The molecule has 1 saturated heterocycles. The summed E-state index contributed by atoms with van der Waals surface area (Å²) in [4.78, 5) is 24.3. The fourth-order valence-electron chi connectivity index (χ4n) is 2.67. The summed E-state index contributed by atoms with van der Waals surface area (Å²) in [5.74, 6) is 0.886. The Bertz CT molecular complexity index is 707. The van der Waals surface area contributed by atoms with Gasteiger partial charge >= 0.3 is 0 Å². The number of rotatable bonds is 4. The zero-order valence-corrected chi connectivity index (χ0v) is 11.7. The number of benzene rings is 1. The predicted octanol–water partition coefficient (Wildman–Crippen LogP) is 1.24. The summed E-state index contributed by atoms with van der Waals surface area (Å²) in [6.07, 6.45) is 0.338. The molecule has 1 fully saturated rings. The summed E-state index contributed by atoms with van der Waals surface area (Å²) >= 11 is 0. The Balaban J connectivity index is 1.84. The van der Waals surface area contributed by atoms with E-state index in [2.05, 4.69) is 0 Å². The normalized spacial score (nSPS) is 18.4. The number of nitrogens with zero attached hydrogens (tertiary/aromatic N) is 1. The number of carbonyl (C=O) groups is 2. The van der Waals surface area contributed by atoms with Crippen LogP contribution in [-0.4, -0.2) is 36.9 Å². The van der Waals surface area contributed by atoms with Gasteiger partial charge < -0.3 is 19.8 Å². The van der Waals surface area contributed by atoms with Crippen molar-refractivity contribution in [3.8, 4) is 5.75 Å². The molecule has 1 unspecified atom stereocenters. The van der Waals surface area contributed by atoms with Crippen LogP contribution < -0.4 is 10.5 Å². The molecule has 3 rings (SSSR count). The van der Waals surface area contributed by atoms with Crippen molar-refractivity contribution < 1.29 is 18.7 Å². The first-order valence-corrected chi connectivity index (χ1v) is 6.70. The molecule has 6 heteroatoms. The molecule has 6 nitrogen and oxygen atoms in total. The molecule has 1 atom stereocenters. The number of amides is 2. The van der Waals surface area contributed by atoms with Crippen molar-refractivity contribution in [2.45, 2.75) is 12.3 Å². The third-order valence-corrected chi connectivity index (χ3v) is 3.71. The highest BCUT2D eigenvalue weighted by Gasteiger charge is 2.33. The smallest absolute Gasteiger partial charge is 0.237 e. The number of likely N-dealkylation sites (tertiary alicyclic amines) is 1. The molecule has 0 bridgehead atoms. The van der Waals surface area contributed by atoms with Crippen molar-refractivity contribution in [1.29, 1.82) is 0 Å². The Morgan fingerprint density at radius 1 is 1.48 bits per heavy atom. The van der Waals surface area contributed by atoms with Gasteiger partial charge in [0.15, 0.2) is 0 Å². The minimum atomic E-state index is -0.502. The molecule has 110 valence electrons. The van der Waals surface area contributed by atoms with Crippen molar-refractivity contribution in [3.05, 3.63) is 30.0 Å². The molecule has 1 aliphatic rings.